The largest absolute Gasteiger partial charge is 0.383 e. The number of aromatic nitrogens is 2. The van der Waals surface area contributed by atoms with E-state index in [1.54, 1.807) is 14.2 Å². The van der Waals surface area contributed by atoms with Crippen molar-refractivity contribution in [1.82, 2.24) is 25.3 Å². The predicted octanol–water partition coefficient (Wildman–Crippen LogP) is 1.03. The highest BCUT2D eigenvalue weighted by Crippen LogP contribution is 2.47. The molecule has 1 unspecified atom stereocenters. The third-order valence-electron chi connectivity index (χ3n) is 5.49. The van der Waals surface area contributed by atoms with E-state index in [2.05, 4.69) is 27.4 Å². The normalized spacial score (nSPS) is 22.9. The Bertz CT molecular complexity index is 600. The molecule has 9 heteroatoms. The minimum absolute atomic E-state index is 0.00202. The Morgan fingerprint density at radius 3 is 2.81 bits per heavy atom. The Kier molecular flexibility index (Phi) is 6.10. The van der Waals surface area contributed by atoms with Crippen molar-refractivity contribution >= 4 is 6.03 Å². The van der Waals surface area contributed by atoms with Crippen LogP contribution in [0.4, 0.5) is 4.79 Å². The molecule has 2 amide bonds. The number of likely N-dealkylation sites (tertiary alicyclic amines) is 2. The van der Waals surface area contributed by atoms with Crippen molar-refractivity contribution in [1.29, 1.82) is 0 Å². The molecule has 3 heterocycles. The van der Waals surface area contributed by atoms with E-state index in [0.717, 1.165) is 44.7 Å². The topological polar surface area (TPSA) is 93.0 Å². The fraction of sp³-hybridized carbons (Fsp3) is 0.824. The molecule has 2 saturated heterocycles. The lowest BCUT2D eigenvalue weighted by atomic mass is 9.76. The second-order valence-corrected chi connectivity index (χ2v) is 7.33. The number of hydrogen-bond donors (Lipinski definition) is 1. The zero-order valence-corrected chi connectivity index (χ0v) is 15.9. The van der Waals surface area contributed by atoms with E-state index in [4.69, 9.17) is 14.0 Å². The molecule has 1 N–H and O–H groups in total. The van der Waals surface area contributed by atoms with Crippen LogP contribution in [-0.2, 0) is 16.1 Å². The molecule has 146 valence electrons. The van der Waals surface area contributed by atoms with E-state index >= 15 is 0 Å². The number of methoxy groups -OCH3 is 2. The molecule has 1 atom stereocenters. The molecule has 9 nitrogen and oxygen atoms in total. The van der Waals surface area contributed by atoms with Crippen molar-refractivity contribution < 1.29 is 18.8 Å². The summed E-state index contributed by atoms with van der Waals surface area (Å²) >= 11 is 0. The average molecular weight is 367 g/mol. The molecule has 3 rings (SSSR count). The van der Waals surface area contributed by atoms with Crippen LogP contribution in [0.1, 0.15) is 37.0 Å². The minimum Gasteiger partial charge on any atom is -0.383 e. The van der Waals surface area contributed by atoms with Crippen LogP contribution in [0.15, 0.2) is 4.52 Å². The molecule has 0 saturated carbocycles. The Balaban J connectivity index is 1.55. The van der Waals surface area contributed by atoms with E-state index in [1.807, 2.05) is 4.90 Å². The van der Waals surface area contributed by atoms with Crippen molar-refractivity contribution in [2.24, 2.45) is 5.41 Å². The molecule has 0 aliphatic carbocycles. The molecule has 2 fully saturated rings. The predicted molar refractivity (Wildman–Crippen MR) is 93.5 cm³/mol. The van der Waals surface area contributed by atoms with Crippen molar-refractivity contribution in [3.8, 4) is 0 Å². The number of ether oxygens (including phenoxy) is 2. The monoisotopic (exact) mass is 367 g/mol. The smallest absolute Gasteiger partial charge is 0.317 e. The van der Waals surface area contributed by atoms with Crippen molar-refractivity contribution in [3.63, 3.8) is 0 Å². The van der Waals surface area contributed by atoms with Gasteiger partial charge in [-0.15, -0.1) is 0 Å². The standard InChI is InChI=1S/C17H29N5O4/c1-21-12-17(10-13(21)15-19-14(11-25-3)26-20-15)4-7-22(8-5-17)16(23)18-6-9-24-2/h13H,4-12H2,1-3H3,(H,18,23). The zero-order valence-electron chi connectivity index (χ0n) is 15.9. The molecule has 2 aliphatic rings. The maximum atomic E-state index is 12.2. The number of rotatable bonds is 6. The molecule has 2 aliphatic heterocycles. The lowest BCUT2D eigenvalue weighted by molar-refractivity contribution is 0.120. The van der Waals surface area contributed by atoms with Gasteiger partial charge in [0, 0.05) is 40.4 Å². The summed E-state index contributed by atoms with van der Waals surface area (Å²) < 4.78 is 15.3. The van der Waals surface area contributed by atoms with Crippen LogP contribution in [0.3, 0.4) is 0 Å². The Labute approximate surface area is 154 Å². The van der Waals surface area contributed by atoms with Crippen LogP contribution in [-0.4, -0.2) is 80.0 Å². The quantitative estimate of drug-likeness (QED) is 0.751. The number of nitrogens with zero attached hydrogens (tertiary/aromatic N) is 4. The number of hydrogen-bond acceptors (Lipinski definition) is 7. The maximum absolute atomic E-state index is 12.2. The first-order valence-electron chi connectivity index (χ1n) is 9.10. The number of amides is 2. The number of carbonyl (C=O) groups excluding carboxylic acids is 1. The fourth-order valence-electron chi connectivity index (χ4n) is 4.06. The first-order chi connectivity index (χ1) is 12.6. The van der Waals surface area contributed by atoms with Gasteiger partial charge >= 0.3 is 6.03 Å². The second kappa shape index (κ2) is 8.32. The van der Waals surface area contributed by atoms with Gasteiger partial charge in [0.25, 0.3) is 5.89 Å². The number of urea groups is 1. The van der Waals surface area contributed by atoms with Gasteiger partial charge in [0.1, 0.15) is 6.61 Å². The zero-order chi connectivity index (χ0) is 18.6. The summed E-state index contributed by atoms with van der Waals surface area (Å²) in [7, 11) is 5.35. The van der Waals surface area contributed by atoms with Gasteiger partial charge in [-0.2, -0.15) is 4.98 Å². The summed E-state index contributed by atoms with van der Waals surface area (Å²) in [5, 5.41) is 7.03. The van der Waals surface area contributed by atoms with E-state index in [0.29, 0.717) is 25.6 Å². The highest BCUT2D eigenvalue weighted by molar-refractivity contribution is 5.74. The summed E-state index contributed by atoms with van der Waals surface area (Å²) in [5.41, 5.74) is 0.213. The number of piperidine rings is 1. The third-order valence-corrected chi connectivity index (χ3v) is 5.49. The second-order valence-electron chi connectivity index (χ2n) is 7.33. The summed E-state index contributed by atoms with van der Waals surface area (Å²) in [5.74, 6) is 1.25. The van der Waals surface area contributed by atoms with Crippen LogP contribution in [0.5, 0.6) is 0 Å². The van der Waals surface area contributed by atoms with Gasteiger partial charge in [-0.1, -0.05) is 5.16 Å². The van der Waals surface area contributed by atoms with Gasteiger partial charge in [-0.05, 0) is 31.7 Å². The lowest BCUT2D eigenvalue weighted by Gasteiger charge is -2.39. The summed E-state index contributed by atoms with van der Waals surface area (Å²) in [6.07, 6.45) is 2.98. The molecule has 0 radical (unpaired) electrons. The van der Waals surface area contributed by atoms with Gasteiger partial charge in [-0.25, -0.2) is 4.79 Å². The van der Waals surface area contributed by atoms with Crippen LogP contribution >= 0.6 is 0 Å². The molecule has 1 aromatic rings. The van der Waals surface area contributed by atoms with Gasteiger partial charge in [0.2, 0.25) is 0 Å². The van der Waals surface area contributed by atoms with E-state index < -0.39 is 0 Å². The van der Waals surface area contributed by atoms with Crippen LogP contribution in [0, 0.1) is 5.41 Å². The van der Waals surface area contributed by atoms with E-state index in [9.17, 15) is 4.79 Å². The molecule has 1 spiro atoms. The van der Waals surface area contributed by atoms with Crippen molar-refractivity contribution in [3.05, 3.63) is 11.7 Å². The van der Waals surface area contributed by atoms with Gasteiger partial charge in [-0.3, -0.25) is 4.90 Å². The molecular weight excluding hydrogens is 338 g/mol. The highest BCUT2D eigenvalue weighted by Gasteiger charge is 2.46. The molecule has 26 heavy (non-hydrogen) atoms. The Hall–Kier alpha value is -1.71. The lowest BCUT2D eigenvalue weighted by Crippen LogP contribution is -2.48. The number of nitrogens with one attached hydrogen (secondary N) is 1. The Morgan fingerprint density at radius 1 is 1.35 bits per heavy atom. The molecular formula is C17H29N5O4. The van der Waals surface area contributed by atoms with Crippen LogP contribution in [0.25, 0.3) is 0 Å². The van der Waals surface area contributed by atoms with Crippen LogP contribution in [0.2, 0.25) is 0 Å². The number of carbonyl (C=O) groups is 1. The highest BCUT2D eigenvalue weighted by atomic mass is 16.5. The summed E-state index contributed by atoms with van der Waals surface area (Å²) in [6.45, 7) is 3.96. The van der Waals surface area contributed by atoms with Crippen molar-refractivity contribution in [2.45, 2.75) is 31.9 Å². The minimum atomic E-state index is 0.00202. The van der Waals surface area contributed by atoms with Crippen LogP contribution < -0.4 is 5.32 Å². The van der Waals surface area contributed by atoms with E-state index in [1.165, 1.54) is 0 Å². The van der Waals surface area contributed by atoms with Gasteiger partial charge in [0.15, 0.2) is 5.82 Å². The van der Waals surface area contributed by atoms with Gasteiger partial charge < -0.3 is 24.2 Å². The molecule has 0 aromatic carbocycles. The first kappa shape index (κ1) is 19.1. The SMILES string of the molecule is COCCNC(=O)N1CCC2(CC1)CC(c1noc(COC)n1)N(C)C2. The summed E-state index contributed by atoms with van der Waals surface area (Å²) in [4.78, 5) is 20.9. The van der Waals surface area contributed by atoms with Crippen molar-refractivity contribution in [2.75, 3.05) is 54.1 Å². The maximum Gasteiger partial charge on any atom is 0.317 e. The van der Waals surface area contributed by atoms with E-state index in [-0.39, 0.29) is 17.5 Å². The average Bonchev–Trinajstić information content (AvgIpc) is 3.21. The third kappa shape index (κ3) is 4.16. The van der Waals surface area contributed by atoms with Gasteiger partial charge in [0.05, 0.1) is 12.6 Å². The Morgan fingerprint density at radius 2 is 2.12 bits per heavy atom. The molecule has 0 bridgehead atoms. The summed E-state index contributed by atoms with van der Waals surface area (Å²) in [6, 6.07) is 0.161. The molecule has 1 aromatic heterocycles. The fourth-order valence-corrected chi connectivity index (χ4v) is 4.06. The first-order valence-corrected chi connectivity index (χ1v) is 9.10.